The van der Waals surface area contributed by atoms with Crippen molar-refractivity contribution in [3.63, 3.8) is 0 Å². The summed E-state index contributed by atoms with van der Waals surface area (Å²) in [5, 5.41) is 0. The predicted molar refractivity (Wildman–Crippen MR) is 34.6 cm³/mol. The Labute approximate surface area is 49.7 Å². The number of hydrogen-bond donors (Lipinski definition) is 0. The molecule has 0 N–H and O–H groups in total. The second kappa shape index (κ2) is 4.31. The normalized spacial score (nSPS) is 9.62. The molecule has 0 heterocycles. The van der Waals surface area contributed by atoms with Crippen molar-refractivity contribution in [2.24, 2.45) is 0 Å². The van der Waals surface area contributed by atoms with Crippen LogP contribution < -0.4 is 0 Å². The summed E-state index contributed by atoms with van der Waals surface area (Å²) in [6.07, 6.45) is 4.99. The molecule has 0 amide bonds. The molecule has 0 aliphatic heterocycles. The molecule has 0 atom stereocenters. The molecule has 0 aromatic heterocycles. The highest BCUT2D eigenvalue weighted by atomic mass is 16.1. The van der Waals surface area contributed by atoms with E-state index in [1.54, 1.807) is 0 Å². The molecule has 0 aromatic carbocycles. The van der Waals surface area contributed by atoms with E-state index in [9.17, 15) is 4.79 Å². The minimum atomic E-state index is 0.449. The molecule has 44 valence electrons. The fraction of sp³-hybridized carbons (Fsp3) is 0.286. The Morgan fingerprint density at radius 2 is 2.38 bits per heavy atom. The first-order valence-electron chi connectivity index (χ1n) is 2.55. The van der Waals surface area contributed by atoms with Gasteiger partial charge in [-0.3, -0.25) is 0 Å². The fourth-order valence-corrected chi connectivity index (χ4v) is 0.411. The predicted octanol–water partition coefficient (Wildman–Crippen LogP) is 1.71. The van der Waals surface area contributed by atoms with Gasteiger partial charge in [-0.05, 0) is 12.5 Å². The van der Waals surface area contributed by atoms with Crippen molar-refractivity contribution in [2.75, 3.05) is 0 Å². The smallest absolute Gasteiger partial charge is 0.124 e. The van der Waals surface area contributed by atoms with E-state index in [2.05, 4.69) is 6.58 Å². The third-order valence-electron chi connectivity index (χ3n) is 0.748. The Kier molecular flexibility index (Phi) is 3.85. The van der Waals surface area contributed by atoms with Gasteiger partial charge in [0.05, 0.1) is 0 Å². The van der Waals surface area contributed by atoms with Crippen molar-refractivity contribution in [1.29, 1.82) is 0 Å². The lowest BCUT2D eigenvalue weighted by atomic mass is 10.2. The molecule has 0 saturated heterocycles. The molecular formula is C7H10O. The fourth-order valence-electron chi connectivity index (χ4n) is 0.411. The van der Waals surface area contributed by atoms with Crippen LogP contribution in [0.1, 0.15) is 13.3 Å². The Morgan fingerprint density at radius 3 is 2.75 bits per heavy atom. The number of carbonyl (C=O) groups is 1. The van der Waals surface area contributed by atoms with E-state index in [-0.39, 0.29) is 0 Å². The third kappa shape index (κ3) is 3.34. The van der Waals surface area contributed by atoms with Gasteiger partial charge in [0.15, 0.2) is 0 Å². The van der Waals surface area contributed by atoms with Gasteiger partial charge in [-0.1, -0.05) is 18.7 Å². The van der Waals surface area contributed by atoms with Crippen molar-refractivity contribution < 1.29 is 4.79 Å². The van der Waals surface area contributed by atoms with E-state index in [0.717, 1.165) is 11.9 Å². The highest BCUT2D eigenvalue weighted by Gasteiger charge is 1.81. The molecule has 0 radical (unpaired) electrons. The maximum absolute atomic E-state index is 9.80. The molecule has 0 aromatic rings. The summed E-state index contributed by atoms with van der Waals surface area (Å²) in [7, 11) is 0. The lowest BCUT2D eigenvalue weighted by molar-refractivity contribution is -0.107. The van der Waals surface area contributed by atoms with Crippen molar-refractivity contribution in [3.05, 3.63) is 24.3 Å². The lowest BCUT2D eigenvalue weighted by Gasteiger charge is -1.85. The summed E-state index contributed by atoms with van der Waals surface area (Å²) in [5.41, 5.74) is 0.863. The van der Waals surface area contributed by atoms with Gasteiger partial charge in [0, 0.05) is 6.42 Å². The molecule has 0 fully saturated rings. The maximum Gasteiger partial charge on any atom is 0.124 e. The van der Waals surface area contributed by atoms with Crippen LogP contribution in [0.25, 0.3) is 0 Å². The topological polar surface area (TPSA) is 17.1 Å². The van der Waals surface area contributed by atoms with Gasteiger partial charge in [0.25, 0.3) is 0 Å². The second-order valence-corrected chi connectivity index (χ2v) is 1.53. The van der Waals surface area contributed by atoms with E-state index in [1.165, 1.54) is 0 Å². The van der Waals surface area contributed by atoms with Crippen LogP contribution in [0, 0.1) is 0 Å². The average Bonchev–Trinajstić information content (AvgIpc) is 1.68. The maximum atomic E-state index is 9.80. The quantitative estimate of drug-likeness (QED) is 0.399. The Bertz CT molecular complexity index is 112. The summed E-state index contributed by atoms with van der Waals surface area (Å²) >= 11 is 0. The van der Waals surface area contributed by atoms with Gasteiger partial charge < -0.3 is 4.79 Å². The van der Waals surface area contributed by atoms with Gasteiger partial charge in [0.1, 0.15) is 6.29 Å². The standard InChI is InChI=1S/C7H10O/c1-3-4-7(2)5-6-8/h3-4,6H,2,5H2,1H3/b4-3-. The third-order valence-corrected chi connectivity index (χ3v) is 0.748. The molecule has 0 saturated carbocycles. The lowest BCUT2D eigenvalue weighted by Crippen LogP contribution is -1.74. The summed E-state index contributed by atoms with van der Waals surface area (Å²) < 4.78 is 0. The number of rotatable bonds is 3. The highest BCUT2D eigenvalue weighted by Crippen LogP contribution is 1.94. The summed E-state index contributed by atoms with van der Waals surface area (Å²) in [5.74, 6) is 0. The zero-order valence-corrected chi connectivity index (χ0v) is 5.05. The van der Waals surface area contributed by atoms with E-state index in [4.69, 9.17) is 0 Å². The van der Waals surface area contributed by atoms with Crippen LogP contribution in [0.4, 0.5) is 0 Å². The number of allylic oxidation sites excluding steroid dienone is 3. The highest BCUT2D eigenvalue weighted by molar-refractivity contribution is 5.55. The van der Waals surface area contributed by atoms with Gasteiger partial charge in [-0.25, -0.2) is 0 Å². The minimum absolute atomic E-state index is 0.449. The van der Waals surface area contributed by atoms with E-state index < -0.39 is 0 Å². The molecule has 0 spiro atoms. The van der Waals surface area contributed by atoms with Crippen molar-refractivity contribution in [3.8, 4) is 0 Å². The van der Waals surface area contributed by atoms with Crippen molar-refractivity contribution in [2.45, 2.75) is 13.3 Å². The van der Waals surface area contributed by atoms with Crippen LogP contribution in [0.5, 0.6) is 0 Å². The molecule has 0 rings (SSSR count). The minimum Gasteiger partial charge on any atom is -0.303 e. The first-order chi connectivity index (χ1) is 3.81. The Morgan fingerprint density at radius 1 is 1.75 bits per heavy atom. The summed E-state index contributed by atoms with van der Waals surface area (Å²) in [4.78, 5) is 9.80. The van der Waals surface area contributed by atoms with Crippen LogP contribution >= 0.6 is 0 Å². The first-order valence-corrected chi connectivity index (χ1v) is 2.55. The second-order valence-electron chi connectivity index (χ2n) is 1.53. The van der Waals surface area contributed by atoms with Gasteiger partial charge in [0.2, 0.25) is 0 Å². The average molecular weight is 110 g/mol. The largest absolute Gasteiger partial charge is 0.303 e. The molecule has 1 heteroatoms. The van der Waals surface area contributed by atoms with Crippen LogP contribution in [0.2, 0.25) is 0 Å². The molecule has 0 bridgehead atoms. The zero-order valence-electron chi connectivity index (χ0n) is 5.05. The van der Waals surface area contributed by atoms with Gasteiger partial charge in [-0.2, -0.15) is 0 Å². The molecular weight excluding hydrogens is 100 g/mol. The van der Waals surface area contributed by atoms with E-state index in [0.29, 0.717) is 6.42 Å². The van der Waals surface area contributed by atoms with Crippen LogP contribution in [-0.2, 0) is 4.79 Å². The van der Waals surface area contributed by atoms with Crippen LogP contribution in [0.3, 0.4) is 0 Å². The number of hydrogen-bond acceptors (Lipinski definition) is 1. The molecule has 1 nitrogen and oxygen atoms in total. The van der Waals surface area contributed by atoms with Gasteiger partial charge >= 0.3 is 0 Å². The zero-order chi connectivity index (χ0) is 6.41. The number of aldehydes is 1. The number of carbonyl (C=O) groups excluding carboxylic acids is 1. The summed E-state index contributed by atoms with van der Waals surface area (Å²) in [6, 6.07) is 0. The van der Waals surface area contributed by atoms with E-state index in [1.807, 2.05) is 19.1 Å². The molecule has 0 aliphatic rings. The van der Waals surface area contributed by atoms with Crippen LogP contribution in [0.15, 0.2) is 24.3 Å². The molecule has 8 heavy (non-hydrogen) atoms. The Balaban J connectivity index is 3.48. The monoisotopic (exact) mass is 110 g/mol. The molecule has 0 aliphatic carbocycles. The SMILES string of the molecule is C=C(/C=C\C)CC=O. The van der Waals surface area contributed by atoms with Crippen LogP contribution in [-0.4, -0.2) is 6.29 Å². The Hall–Kier alpha value is -0.850. The van der Waals surface area contributed by atoms with Crippen molar-refractivity contribution >= 4 is 6.29 Å². The van der Waals surface area contributed by atoms with Gasteiger partial charge in [-0.15, -0.1) is 0 Å². The van der Waals surface area contributed by atoms with Crippen molar-refractivity contribution in [1.82, 2.24) is 0 Å². The molecule has 0 unspecified atom stereocenters. The van der Waals surface area contributed by atoms with E-state index >= 15 is 0 Å². The summed E-state index contributed by atoms with van der Waals surface area (Å²) in [6.45, 7) is 5.51. The first kappa shape index (κ1) is 7.15.